The average Bonchev–Trinajstić information content (AvgIpc) is 2.27. The molecule has 0 saturated carbocycles. The summed E-state index contributed by atoms with van der Waals surface area (Å²) in [6.07, 6.45) is 0.782. The molecule has 2 heteroatoms. The highest BCUT2D eigenvalue weighted by atomic mass is 16.3. The second-order valence-corrected chi connectivity index (χ2v) is 4.78. The van der Waals surface area contributed by atoms with Crippen molar-refractivity contribution in [2.24, 2.45) is 5.92 Å². The number of rotatable bonds is 6. The highest BCUT2D eigenvalue weighted by molar-refractivity contribution is 5.22. The average molecular weight is 221 g/mol. The van der Waals surface area contributed by atoms with Crippen LogP contribution in [-0.4, -0.2) is 18.2 Å². The molecule has 0 spiro atoms. The Morgan fingerprint density at radius 3 is 2.38 bits per heavy atom. The summed E-state index contributed by atoms with van der Waals surface area (Å²) in [6, 6.07) is 9.94. The van der Waals surface area contributed by atoms with Crippen molar-refractivity contribution in [1.29, 1.82) is 0 Å². The minimum Gasteiger partial charge on any atom is -0.384 e. The molecule has 0 saturated heterocycles. The van der Waals surface area contributed by atoms with Gasteiger partial charge in [0.25, 0.3) is 0 Å². The van der Waals surface area contributed by atoms with Crippen LogP contribution in [0.3, 0.4) is 0 Å². The third-order valence-electron chi connectivity index (χ3n) is 2.72. The van der Waals surface area contributed by atoms with E-state index in [1.165, 1.54) is 0 Å². The molecule has 90 valence electrons. The van der Waals surface area contributed by atoms with Crippen molar-refractivity contribution in [3.05, 3.63) is 35.9 Å². The zero-order valence-corrected chi connectivity index (χ0v) is 10.5. The van der Waals surface area contributed by atoms with Gasteiger partial charge in [0.1, 0.15) is 5.60 Å². The Labute approximate surface area is 98.7 Å². The molecule has 1 aromatic rings. The van der Waals surface area contributed by atoms with Gasteiger partial charge in [-0.3, -0.25) is 0 Å². The number of benzene rings is 1. The first-order chi connectivity index (χ1) is 7.58. The molecule has 0 radical (unpaired) electrons. The molecule has 0 aliphatic carbocycles. The van der Waals surface area contributed by atoms with Crippen LogP contribution in [0.1, 0.15) is 32.8 Å². The van der Waals surface area contributed by atoms with Crippen LogP contribution < -0.4 is 5.32 Å². The summed E-state index contributed by atoms with van der Waals surface area (Å²) < 4.78 is 0. The molecule has 1 unspecified atom stereocenters. The fraction of sp³-hybridized carbons (Fsp3) is 0.571. The third kappa shape index (κ3) is 3.62. The molecule has 0 aliphatic rings. The van der Waals surface area contributed by atoms with E-state index in [0.29, 0.717) is 12.5 Å². The number of hydrogen-bond acceptors (Lipinski definition) is 2. The van der Waals surface area contributed by atoms with Gasteiger partial charge in [0.15, 0.2) is 0 Å². The zero-order valence-electron chi connectivity index (χ0n) is 10.5. The van der Waals surface area contributed by atoms with E-state index in [1.54, 1.807) is 0 Å². The first-order valence-electron chi connectivity index (χ1n) is 6.07. The van der Waals surface area contributed by atoms with Gasteiger partial charge < -0.3 is 10.4 Å². The van der Waals surface area contributed by atoms with E-state index in [1.807, 2.05) is 30.3 Å². The summed E-state index contributed by atoms with van der Waals surface area (Å²) in [7, 11) is 0. The van der Waals surface area contributed by atoms with Gasteiger partial charge in [-0.15, -0.1) is 0 Å². The molecule has 0 aromatic heterocycles. The lowest BCUT2D eigenvalue weighted by Crippen LogP contribution is -2.39. The maximum absolute atomic E-state index is 10.7. The fourth-order valence-corrected chi connectivity index (χ4v) is 2.05. The SMILES string of the molecule is CCNCC(O)(CC(C)C)c1ccccc1. The molecular formula is C14H23NO. The van der Waals surface area contributed by atoms with Gasteiger partial charge in [0.2, 0.25) is 0 Å². The molecule has 1 aromatic carbocycles. The molecule has 0 heterocycles. The van der Waals surface area contributed by atoms with Crippen molar-refractivity contribution in [3.63, 3.8) is 0 Å². The minimum atomic E-state index is -0.745. The van der Waals surface area contributed by atoms with Gasteiger partial charge in [-0.05, 0) is 24.4 Å². The summed E-state index contributed by atoms with van der Waals surface area (Å²) in [5.41, 5.74) is 0.260. The molecule has 0 fully saturated rings. The molecule has 0 amide bonds. The van der Waals surface area contributed by atoms with E-state index in [4.69, 9.17) is 0 Å². The van der Waals surface area contributed by atoms with E-state index in [2.05, 4.69) is 26.1 Å². The van der Waals surface area contributed by atoms with Crippen LogP contribution in [0.15, 0.2) is 30.3 Å². The Hall–Kier alpha value is -0.860. The first kappa shape index (κ1) is 13.2. The highest BCUT2D eigenvalue weighted by Gasteiger charge is 2.29. The van der Waals surface area contributed by atoms with E-state index in [9.17, 15) is 5.11 Å². The lowest BCUT2D eigenvalue weighted by molar-refractivity contribution is 0.0162. The number of nitrogens with one attached hydrogen (secondary N) is 1. The molecule has 16 heavy (non-hydrogen) atoms. The van der Waals surface area contributed by atoms with Crippen molar-refractivity contribution >= 4 is 0 Å². The van der Waals surface area contributed by atoms with Crippen LogP contribution in [0.2, 0.25) is 0 Å². The standard InChI is InChI=1S/C14H23NO/c1-4-15-11-14(16,10-12(2)3)13-8-6-5-7-9-13/h5-9,12,15-16H,4,10-11H2,1-3H3. The predicted octanol–water partition coefficient (Wildman–Crippen LogP) is 2.53. The molecule has 0 aliphatic heterocycles. The second kappa shape index (κ2) is 6.02. The van der Waals surface area contributed by atoms with E-state index in [0.717, 1.165) is 18.5 Å². The first-order valence-corrected chi connectivity index (χ1v) is 6.07. The van der Waals surface area contributed by atoms with Crippen molar-refractivity contribution in [1.82, 2.24) is 5.32 Å². The monoisotopic (exact) mass is 221 g/mol. The Balaban J connectivity index is 2.85. The third-order valence-corrected chi connectivity index (χ3v) is 2.72. The van der Waals surface area contributed by atoms with E-state index < -0.39 is 5.60 Å². The summed E-state index contributed by atoms with van der Waals surface area (Å²) in [4.78, 5) is 0. The largest absolute Gasteiger partial charge is 0.384 e. The van der Waals surface area contributed by atoms with Crippen LogP contribution in [0.4, 0.5) is 0 Å². The van der Waals surface area contributed by atoms with Crippen LogP contribution >= 0.6 is 0 Å². The van der Waals surface area contributed by atoms with Crippen LogP contribution in [-0.2, 0) is 5.60 Å². The van der Waals surface area contributed by atoms with Crippen LogP contribution in [0.5, 0.6) is 0 Å². The molecule has 2 N–H and O–H groups in total. The summed E-state index contributed by atoms with van der Waals surface area (Å²) in [5.74, 6) is 0.476. The van der Waals surface area contributed by atoms with E-state index >= 15 is 0 Å². The second-order valence-electron chi connectivity index (χ2n) is 4.78. The lowest BCUT2D eigenvalue weighted by atomic mass is 9.85. The molecule has 0 bridgehead atoms. The molecular weight excluding hydrogens is 198 g/mol. The number of likely N-dealkylation sites (N-methyl/N-ethyl adjacent to an activating group) is 1. The van der Waals surface area contributed by atoms with Crippen molar-refractivity contribution in [2.75, 3.05) is 13.1 Å². The topological polar surface area (TPSA) is 32.3 Å². The Bertz CT molecular complexity index is 297. The van der Waals surface area contributed by atoms with Gasteiger partial charge >= 0.3 is 0 Å². The van der Waals surface area contributed by atoms with Gasteiger partial charge in [-0.1, -0.05) is 51.1 Å². The molecule has 1 atom stereocenters. The van der Waals surface area contributed by atoms with Gasteiger partial charge in [0.05, 0.1) is 0 Å². The number of hydrogen-bond donors (Lipinski definition) is 2. The van der Waals surface area contributed by atoms with Crippen LogP contribution in [0, 0.1) is 5.92 Å². The van der Waals surface area contributed by atoms with Gasteiger partial charge in [-0.25, -0.2) is 0 Å². The van der Waals surface area contributed by atoms with E-state index in [-0.39, 0.29) is 0 Å². The maximum atomic E-state index is 10.7. The Morgan fingerprint density at radius 1 is 1.25 bits per heavy atom. The normalized spacial score (nSPS) is 15.1. The predicted molar refractivity (Wildman–Crippen MR) is 68.3 cm³/mol. The summed E-state index contributed by atoms with van der Waals surface area (Å²) in [5, 5.41) is 14.0. The van der Waals surface area contributed by atoms with Gasteiger partial charge in [0, 0.05) is 6.54 Å². The maximum Gasteiger partial charge on any atom is 0.102 e. The lowest BCUT2D eigenvalue weighted by Gasteiger charge is -2.30. The van der Waals surface area contributed by atoms with Crippen molar-refractivity contribution < 1.29 is 5.11 Å². The van der Waals surface area contributed by atoms with Crippen molar-refractivity contribution in [3.8, 4) is 0 Å². The fourth-order valence-electron chi connectivity index (χ4n) is 2.05. The Morgan fingerprint density at radius 2 is 1.88 bits per heavy atom. The number of aliphatic hydroxyl groups is 1. The minimum absolute atomic E-state index is 0.476. The van der Waals surface area contributed by atoms with Crippen molar-refractivity contribution in [2.45, 2.75) is 32.8 Å². The smallest absolute Gasteiger partial charge is 0.102 e. The van der Waals surface area contributed by atoms with Crippen LogP contribution in [0.25, 0.3) is 0 Å². The molecule has 2 nitrogen and oxygen atoms in total. The summed E-state index contributed by atoms with van der Waals surface area (Å²) in [6.45, 7) is 7.83. The van der Waals surface area contributed by atoms with Gasteiger partial charge in [-0.2, -0.15) is 0 Å². The Kier molecular flexibility index (Phi) is 4.97. The summed E-state index contributed by atoms with van der Waals surface area (Å²) >= 11 is 0. The zero-order chi connectivity index (χ0) is 12.0. The quantitative estimate of drug-likeness (QED) is 0.773. The molecule has 1 rings (SSSR count). The highest BCUT2D eigenvalue weighted by Crippen LogP contribution is 2.27.